The average Bonchev–Trinajstić information content (AvgIpc) is 2.05. The highest BCUT2D eigenvalue weighted by Crippen LogP contribution is 2.13. The molecule has 0 aromatic heterocycles. The second-order valence-corrected chi connectivity index (χ2v) is 3.49. The van der Waals surface area contributed by atoms with E-state index in [1.807, 2.05) is 0 Å². The average molecular weight is 200 g/mol. The van der Waals surface area contributed by atoms with Crippen molar-refractivity contribution >= 4 is 6.47 Å². The van der Waals surface area contributed by atoms with Crippen LogP contribution in [0, 0.1) is 0 Å². The molecule has 0 aliphatic heterocycles. The van der Waals surface area contributed by atoms with Gasteiger partial charge in [0.2, 0.25) is 0 Å². The van der Waals surface area contributed by atoms with Crippen LogP contribution in [0.4, 0.5) is 0 Å². The third kappa shape index (κ3) is 13.5. The summed E-state index contributed by atoms with van der Waals surface area (Å²) >= 11 is 0. The Hall–Kier alpha value is -1.09. The molecule has 0 radical (unpaired) electrons. The van der Waals surface area contributed by atoms with Gasteiger partial charge in [0, 0.05) is 0 Å². The molecule has 0 amide bonds. The first-order valence-corrected chi connectivity index (χ1v) is 4.46. The summed E-state index contributed by atoms with van der Waals surface area (Å²) in [5, 5.41) is 16.4. The van der Waals surface area contributed by atoms with Crippen molar-refractivity contribution in [1.29, 1.82) is 0 Å². The van der Waals surface area contributed by atoms with Crippen LogP contribution in [0.1, 0.15) is 33.6 Å². The summed E-state index contributed by atoms with van der Waals surface area (Å²) in [6.07, 6.45) is 5.38. The molecule has 0 aliphatic carbocycles. The van der Waals surface area contributed by atoms with Crippen LogP contribution in [-0.2, 0) is 4.79 Å². The molecule has 0 rings (SSSR count). The summed E-state index contributed by atoms with van der Waals surface area (Å²) in [7, 11) is 0. The first-order chi connectivity index (χ1) is 6.39. The Labute approximate surface area is 85.8 Å². The van der Waals surface area contributed by atoms with Gasteiger partial charge >= 0.3 is 0 Å². The van der Waals surface area contributed by atoms with Crippen molar-refractivity contribution in [2.75, 3.05) is 0 Å². The molecule has 1 unspecified atom stereocenters. The lowest BCUT2D eigenvalue weighted by Crippen LogP contribution is -2.19. The third-order valence-corrected chi connectivity index (χ3v) is 1.64. The van der Waals surface area contributed by atoms with Gasteiger partial charge in [0.05, 0.1) is 5.60 Å². The Morgan fingerprint density at radius 1 is 1.50 bits per heavy atom. The molecule has 3 heteroatoms. The second kappa shape index (κ2) is 8.51. The van der Waals surface area contributed by atoms with Crippen LogP contribution in [0.3, 0.4) is 0 Å². The van der Waals surface area contributed by atoms with Crippen LogP contribution in [0.5, 0.6) is 0 Å². The zero-order valence-electron chi connectivity index (χ0n) is 9.16. The van der Waals surface area contributed by atoms with E-state index < -0.39 is 5.60 Å². The predicted molar refractivity (Wildman–Crippen MR) is 58.2 cm³/mol. The minimum atomic E-state index is -0.702. The van der Waals surface area contributed by atoms with Crippen molar-refractivity contribution in [3.05, 3.63) is 24.3 Å². The molecule has 2 N–H and O–H groups in total. The molecule has 1 atom stereocenters. The first kappa shape index (κ1) is 15.4. The van der Waals surface area contributed by atoms with E-state index in [1.165, 1.54) is 5.57 Å². The molecular formula is C11H20O3. The molecule has 82 valence electrons. The maximum atomic E-state index is 9.49. The van der Waals surface area contributed by atoms with E-state index in [0.717, 1.165) is 12.8 Å². The van der Waals surface area contributed by atoms with Crippen molar-refractivity contribution in [2.24, 2.45) is 0 Å². The van der Waals surface area contributed by atoms with E-state index >= 15 is 0 Å². The van der Waals surface area contributed by atoms with E-state index in [4.69, 9.17) is 9.90 Å². The van der Waals surface area contributed by atoms with Gasteiger partial charge in [-0.3, -0.25) is 4.79 Å². The lowest BCUT2D eigenvalue weighted by molar-refractivity contribution is -0.122. The predicted octanol–water partition coefficient (Wildman–Crippen LogP) is 2.37. The topological polar surface area (TPSA) is 57.5 Å². The molecular weight excluding hydrogens is 180 g/mol. The summed E-state index contributed by atoms with van der Waals surface area (Å²) in [4.78, 5) is 8.36. The SMILES string of the molecule is C=CC(C)(O)CCC=C(C)C.O=CO. The zero-order chi connectivity index (χ0) is 11.6. The van der Waals surface area contributed by atoms with Gasteiger partial charge < -0.3 is 10.2 Å². The fraction of sp³-hybridized carbons (Fsp3) is 0.545. The van der Waals surface area contributed by atoms with E-state index in [-0.39, 0.29) is 6.47 Å². The van der Waals surface area contributed by atoms with E-state index in [2.05, 4.69) is 26.5 Å². The van der Waals surface area contributed by atoms with Crippen molar-refractivity contribution < 1.29 is 15.0 Å². The lowest BCUT2D eigenvalue weighted by Gasteiger charge is -2.16. The van der Waals surface area contributed by atoms with Gasteiger partial charge in [-0.25, -0.2) is 0 Å². The third-order valence-electron chi connectivity index (χ3n) is 1.64. The van der Waals surface area contributed by atoms with Gasteiger partial charge in [-0.1, -0.05) is 17.7 Å². The Bertz CT molecular complexity index is 189. The largest absolute Gasteiger partial charge is 0.483 e. The summed E-state index contributed by atoms with van der Waals surface area (Å²) < 4.78 is 0. The number of hydrogen-bond donors (Lipinski definition) is 2. The summed E-state index contributed by atoms with van der Waals surface area (Å²) in [6.45, 7) is 9.20. The zero-order valence-corrected chi connectivity index (χ0v) is 9.16. The fourth-order valence-corrected chi connectivity index (χ4v) is 0.755. The van der Waals surface area contributed by atoms with Crippen LogP contribution in [0.15, 0.2) is 24.3 Å². The fourth-order valence-electron chi connectivity index (χ4n) is 0.755. The van der Waals surface area contributed by atoms with E-state index in [9.17, 15) is 5.11 Å². The molecule has 14 heavy (non-hydrogen) atoms. The Morgan fingerprint density at radius 2 is 1.93 bits per heavy atom. The van der Waals surface area contributed by atoms with Gasteiger partial charge in [-0.2, -0.15) is 0 Å². The Kier molecular flexibility index (Phi) is 9.35. The van der Waals surface area contributed by atoms with Crippen LogP contribution >= 0.6 is 0 Å². The lowest BCUT2D eigenvalue weighted by atomic mass is 10.00. The Morgan fingerprint density at radius 3 is 2.21 bits per heavy atom. The molecule has 3 nitrogen and oxygen atoms in total. The van der Waals surface area contributed by atoms with Gasteiger partial charge in [0.15, 0.2) is 0 Å². The van der Waals surface area contributed by atoms with Gasteiger partial charge in [-0.15, -0.1) is 6.58 Å². The minimum Gasteiger partial charge on any atom is -0.483 e. The van der Waals surface area contributed by atoms with Gasteiger partial charge in [-0.05, 0) is 33.6 Å². The van der Waals surface area contributed by atoms with Crippen LogP contribution in [-0.4, -0.2) is 22.3 Å². The van der Waals surface area contributed by atoms with E-state index in [0.29, 0.717) is 0 Å². The molecule has 0 bridgehead atoms. The maximum Gasteiger partial charge on any atom is 0.290 e. The first-order valence-electron chi connectivity index (χ1n) is 4.46. The number of aliphatic hydroxyl groups is 1. The van der Waals surface area contributed by atoms with Gasteiger partial charge in [0.1, 0.15) is 0 Å². The molecule has 0 fully saturated rings. The highest BCUT2D eigenvalue weighted by Gasteiger charge is 2.12. The van der Waals surface area contributed by atoms with Crippen molar-refractivity contribution in [3.8, 4) is 0 Å². The van der Waals surface area contributed by atoms with Crippen LogP contribution < -0.4 is 0 Å². The quantitative estimate of drug-likeness (QED) is 0.541. The molecule has 0 aromatic carbocycles. The number of carboxylic acid groups (broad SMARTS) is 1. The van der Waals surface area contributed by atoms with Crippen molar-refractivity contribution in [1.82, 2.24) is 0 Å². The molecule has 0 heterocycles. The molecule has 0 saturated heterocycles. The second-order valence-electron chi connectivity index (χ2n) is 3.49. The number of allylic oxidation sites excluding steroid dienone is 2. The Balaban J connectivity index is 0. The smallest absolute Gasteiger partial charge is 0.290 e. The monoisotopic (exact) mass is 200 g/mol. The number of hydrogen-bond acceptors (Lipinski definition) is 2. The normalized spacial score (nSPS) is 12.9. The van der Waals surface area contributed by atoms with Crippen LogP contribution in [0.2, 0.25) is 0 Å². The summed E-state index contributed by atoms with van der Waals surface area (Å²) in [6, 6.07) is 0. The standard InChI is InChI=1S/C10H18O.CH2O2/c1-5-10(4,11)8-6-7-9(2)3;2-1-3/h5,7,11H,1,6,8H2,2-4H3;1H,(H,2,3). The van der Waals surface area contributed by atoms with Crippen molar-refractivity contribution in [2.45, 2.75) is 39.2 Å². The maximum absolute atomic E-state index is 9.49. The van der Waals surface area contributed by atoms with Gasteiger partial charge in [0.25, 0.3) is 6.47 Å². The summed E-state index contributed by atoms with van der Waals surface area (Å²) in [5.41, 5.74) is 0.594. The highest BCUT2D eigenvalue weighted by molar-refractivity contribution is 5.32. The molecule has 0 saturated carbocycles. The number of rotatable bonds is 4. The summed E-state index contributed by atoms with van der Waals surface area (Å²) in [5.74, 6) is 0. The van der Waals surface area contributed by atoms with Crippen molar-refractivity contribution in [3.63, 3.8) is 0 Å². The molecule has 0 aliphatic rings. The minimum absolute atomic E-state index is 0.250. The van der Waals surface area contributed by atoms with E-state index in [1.54, 1.807) is 13.0 Å². The highest BCUT2D eigenvalue weighted by atomic mass is 16.3. The molecule has 0 spiro atoms. The molecule has 0 aromatic rings. The number of carbonyl (C=O) groups is 1. The van der Waals surface area contributed by atoms with Crippen LogP contribution in [0.25, 0.3) is 0 Å².